The van der Waals surface area contributed by atoms with Crippen LogP contribution in [0.2, 0.25) is 0 Å². The number of nitrogens with zero attached hydrogens (tertiary/aromatic N) is 2. The molecule has 0 spiro atoms. The van der Waals surface area contributed by atoms with Gasteiger partial charge in [0.2, 0.25) is 0 Å². The molecule has 0 aromatic carbocycles. The first-order chi connectivity index (χ1) is 8.14. The molecule has 0 amide bonds. The third-order valence-corrected chi connectivity index (χ3v) is 2.90. The molecule has 0 unspecified atom stereocenters. The van der Waals surface area contributed by atoms with E-state index >= 15 is 0 Å². The first kappa shape index (κ1) is 14.2. The molecule has 94 valence electrons. The van der Waals surface area contributed by atoms with Crippen molar-refractivity contribution in [2.75, 3.05) is 12.8 Å². The molecule has 0 bridgehead atoms. The molecule has 0 saturated heterocycles. The summed E-state index contributed by atoms with van der Waals surface area (Å²) in [5.41, 5.74) is 0.840. The van der Waals surface area contributed by atoms with Crippen LogP contribution < -0.4 is 0 Å². The van der Waals surface area contributed by atoms with Crippen LogP contribution in [0.15, 0.2) is 29.4 Å². The van der Waals surface area contributed by atoms with Crippen molar-refractivity contribution in [3.8, 4) is 0 Å². The summed E-state index contributed by atoms with van der Waals surface area (Å²) in [7, 11) is 0. The monoisotopic (exact) mass is 252 g/mol. The van der Waals surface area contributed by atoms with Gasteiger partial charge in [-0.1, -0.05) is 6.07 Å². The van der Waals surface area contributed by atoms with E-state index in [2.05, 4.69) is 23.8 Å². The minimum Gasteiger partial charge on any atom is -0.310 e. The number of hydrogen-bond donors (Lipinski definition) is 0. The van der Waals surface area contributed by atoms with E-state index in [1.165, 1.54) is 12.0 Å². The van der Waals surface area contributed by atoms with Crippen molar-refractivity contribution in [3.63, 3.8) is 0 Å². The maximum absolute atomic E-state index is 5.55. The van der Waals surface area contributed by atoms with Gasteiger partial charge in [0.25, 0.3) is 0 Å². The van der Waals surface area contributed by atoms with Gasteiger partial charge in [-0.05, 0) is 50.9 Å². The Morgan fingerprint density at radius 3 is 2.94 bits per heavy atom. The zero-order valence-corrected chi connectivity index (χ0v) is 11.5. The third kappa shape index (κ3) is 6.44. The molecule has 0 aliphatic carbocycles. The Morgan fingerprint density at radius 1 is 1.47 bits per heavy atom. The third-order valence-electron chi connectivity index (χ3n) is 2.29. The molecule has 4 heteroatoms. The molecule has 0 atom stereocenters. The molecule has 0 fully saturated rings. The lowest BCUT2D eigenvalue weighted by atomic mass is 10.0. The molecule has 1 rings (SSSR count). The lowest BCUT2D eigenvalue weighted by Gasteiger charge is -2.22. The number of hydrogen-bond acceptors (Lipinski definition) is 4. The molecule has 0 radical (unpaired) electrons. The Balaban J connectivity index is 2.22. The fraction of sp³-hybridized carbons (Fsp3) is 0.538. The highest BCUT2D eigenvalue weighted by molar-refractivity contribution is 7.93. The van der Waals surface area contributed by atoms with E-state index in [1.807, 2.05) is 30.7 Å². The summed E-state index contributed by atoms with van der Waals surface area (Å²) in [6, 6.07) is 5.81. The average Bonchev–Trinajstić information content (AvgIpc) is 2.30. The van der Waals surface area contributed by atoms with Crippen LogP contribution in [-0.2, 0) is 4.18 Å². The highest BCUT2D eigenvalue weighted by Gasteiger charge is 2.17. The second kappa shape index (κ2) is 7.45. The summed E-state index contributed by atoms with van der Waals surface area (Å²) in [5, 5.41) is 0. The topological polar surface area (TPSA) is 34.5 Å². The summed E-state index contributed by atoms with van der Waals surface area (Å²) < 4.78 is 5.55. The van der Waals surface area contributed by atoms with E-state index in [1.54, 1.807) is 6.20 Å². The fourth-order valence-corrected chi connectivity index (χ4v) is 2.01. The van der Waals surface area contributed by atoms with Crippen LogP contribution >= 0.6 is 12.0 Å². The highest BCUT2D eigenvalue weighted by atomic mass is 32.2. The molecule has 1 heterocycles. The predicted molar refractivity (Wildman–Crippen MR) is 74.6 cm³/mol. The van der Waals surface area contributed by atoms with E-state index < -0.39 is 0 Å². The Bertz CT molecular complexity index is 339. The van der Waals surface area contributed by atoms with Crippen LogP contribution in [0.1, 0.15) is 32.4 Å². The van der Waals surface area contributed by atoms with Gasteiger partial charge in [-0.15, -0.1) is 0 Å². The minimum atomic E-state index is -0.0695. The van der Waals surface area contributed by atoms with Crippen LogP contribution in [0.5, 0.6) is 0 Å². The van der Waals surface area contributed by atoms with Crippen LogP contribution in [0.3, 0.4) is 0 Å². The van der Waals surface area contributed by atoms with Crippen molar-refractivity contribution in [3.05, 3.63) is 30.1 Å². The maximum atomic E-state index is 5.55. The Hall–Kier alpha value is -0.870. The molecule has 0 N–H and O–H groups in total. The first-order valence-electron chi connectivity index (χ1n) is 5.77. The number of rotatable bonds is 7. The summed E-state index contributed by atoms with van der Waals surface area (Å²) in [6.07, 6.45) is 7.57. The van der Waals surface area contributed by atoms with E-state index in [4.69, 9.17) is 4.18 Å². The Morgan fingerprint density at radius 2 is 2.29 bits per heavy atom. The van der Waals surface area contributed by atoms with E-state index in [0.717, 1.165) is 25.1 Å². The SMILES string of the molecule is CSOC(C)(C)CCC/N=C/c1ccccn1. The van der Waals surface area contributed by atoms with Gasteiger partial charge >= 0.3 is 0 Å². The Kier molecular flexibility index (Phi) is 6.22. The normalized spacial score (nSPS) is 12.2. The zero-order valence-electron chi connectivity index (χ0n) is 10.7. The van der Waals surface area contributed by atoms with Gasteiger partial charge in [0.15, 0.2) is 0 Å². The second-order valence-electron chi connectivity index (χ2n) is 4.40. The molecule has 0 aliphatic rings. The smallest absolute Gasteiger partial charge is 0.0807 e. The fourth-order valence-electron chi connectivity index (χ4n) is 1.47. The van der Waals surface area contributed by atoms with E-state index in [-0.39, 0.29) is 5.60 Å². The van der Waals surface area contributed by atoms with Gasteiger partial charge in [0.1, 0.15) is 0 Å². The maximum Gasteiger partial charge on any atom is 0.0807 e. The summed E-state index contributed by atoms with van der Waals surface area (Å²) in [4.78, 5) is 8.53. The van der Waals surface area contributed by atoms with Crippen molar-refractivity contribution >= 4 is 18.3 Å². The van der Waals surface area contributed by atoms with E-state index in [0.29, 0.717) is 0 Å². The average molecular weight is 252 g/mol. The molecule has 1 aromatic rings. The minimum absolute atomic E-state index is 0.0695. The predicted octanol–water partition coefficient (Wildman–Crippen LogP) is 3.35. The number of aromatic nitrogens is 1. The molecule has 17 heavy (non-hydrogen) atoms. The number of pyridine rings is 1. The van der Waals surface area contributed by atoms with Gasteiger partial charge in [0, 0.05) is 25.2 Å². The quantitative estimate of drug-likeness (QED) is 0.424. The van der Waals surface area contributed by atoms with Gasteiger partial charge in [-0.25, -0.2) is 0 Å². The largest absolute Gasteiger partial charge is 0.310 e. The molecule has 3 nitrogen and oxygen atoms in total. The summed E-state index contributed by atoms with van der Waals surface area (Å²) in [6.45, 7) is 5.02. The van der Waals surface area contributed by atoms with E-state index in [9.17, 15) is 0 Å². The van der Waals surface area contributed by atoms with Gasteiger partial charge in [-0.3, -0.25) is 9.98 Å². The highest BCUT2D eigenvalue weighted by Crippen LogP contribution is 2.21. The van der Waals surface area contributed by atoms with Crippen LogP contribution in [0, 0.1) is 0 Å². The Labute approximate surface area is 108 Å². The summed E-state index contributed by atoms with van der Waals surface area (Å²) in [5.74, 6) is 0. The second-order valence-corrected chi connectivity index (χ2v) is 4.90. The molecule has 1 aromatic heterocycles. The number of aliphatic imine (C=N–C) groups is 1. The summed E-state index contributed by atoms with van der Waals surface area (Å²) >= 11 is 1.42. The molecule has 0 saturated carbocycles. The van der Waals surface area contributed by atoms with Crippen molar-refractivity contribution in [1.82, 2.24) is 4.98 Å². The molecular weight excluding hydrogens is 232 g/mol. The zero-order chi connectivity index (χ0) is 12.6. The molecular formula is C13H20N2OS. The van der Waals surface area contributed by atoms with Crippen molar-refractivity contribution in [2.45, 2.75) is 32.3 Å². The van der Waals surface area contributed by atoms with Crippen molar-refractivity contribution < 1.29 is 4.18 Å². The van der Waals surface area contributed by atoms with Crippen LogP contribution in [0.4, 0.5) is 0 Å². The lowest BCUT2D eigenvalue weighted by Crippen LogP contribution is -2.21. The van der Waals surface area contributed by atoms with Crippen LogP contribution in [-0.4, -0.2) is 29.6 Å². The molecule has 0 aliphatic heterocycles. The van der Waals surface area contributed by atoms with Crippen molar-refractivity contribution in [2.24, 2.45) is 4.99 Å². The van der Waals surface area contributed by atoms with Crippen molar-refractivity contribution in [1.29, 1.82) is 0 Å². The van der Waals surface area contributed by atoms with Crippen LogP contribution in [0.25, 0.3) is 0 Å². The van der Waals surface area contributed by atoms with Gasteiger partial charge in [0.05, 0.1) is 11.3 Å². The lowest BCUT2D eigenvalue weighted by molar-refractivity contribution is 0.128. The standard InChI is InChI=1S/C13H20N2OS/c1-13(2,16-17-3)8-6-9-14-11-12-7-4-5-10-15-12/h4-5,7,10-11H,6,8-9H2,1-3H3/b14-11+. The first-order valence-corrected chi connectivity index (χ1v) is 6.92. The van der Waals surface area contributed by atoms with Gasteiger partial charge < -0.3 is 4.18 Å². The van der Waals surface area contributed by atoms with Gasteiger partial charge in [-0.2, -0.15) is 0 Å².